The zero-order chi connectivity index (χ0) is 13.9. The third-order valence-electron chi connectivity index (χ3n) is 4.33. The van der Waals surface area contributed by atoms with Crippen molar-refractivity contribution in [1.82, 2.24) is 14.8 Å². The van der Waals surface area contributed by atoms with E-state index in [2.05, 4.69) is 21.7 Å². The fourth-order valence-electron chi connectivity index (χ4n) is 3.03. The Morgan fingerprint density at radius 1 is 1.20 bits per heavy atom. The molecule has 0 radical (unpaired) electrons. The molecule has 3 heterocycles. The summed E-state index contributed by atoms with van der Waals surface area (Å²) < 4.78 is 0. The van der Waals surface area contributed by atoms with Crippen LogP contribution in [0.2, 0.25) is 0 Å². The molecule has 2 aliphatic rings. The van der Waals surface area contributed by atoms with Crippen LogP contribution in [0.15, 0.2) is 11.6 Å². The molecule has 1 amide bonds. The Kier molecular flexibility index (Phi) is 4.21. The van der Waals surface area contributed by atoms with E-state index in [0.717, 1.165) is 57.2 Å². The number of thiazole rings is 1. The van der Waals surface area contributed by atoms with Crippen molar-refractivity contribution in [3.8, 4) is 0 Å². The third kappa shape index (κ3) is 2.81. The SMILES string of the molecule is CC(C(=O)N1CCCC1)N1CCN(c2nccs2)CC1. The lowest BCUT2D eigenvalue weighted by atomic mass is 10.2. The monoisotopic (exact) mass is 294 g/mol. The van der Waals surface area contributed by atoms with Crippen LogP contribution in [-0.2, 0) is 4.79 Å². The van der Waals surface area contributed by atoms with Crippen LogP contribution in [0, 0.1) is 0 Å². The number of nitrogens with zero attached hydrogens (tertiary/aromatic N) is 4. The smallest absolute Gasteiger partial charge is 0.239 e. The second kappa shape index (κ2) is 6.10. The predicted molar refractivity (Wildman–Crippen MR) is 81.2 cm³/mol. The van der Waals surface area contributed by atoms with Crippen LogP contribution in [0.4, 0.5) is 5.13 Å². The van der Waals surface area contributed by atoms with Crippen molar-refractivity contribution in [2.24, 2.45) is 0 Å². The molecule has 2 aliphatic heterocycles. The van der Waals surface area contributed by atoms with Gasteiger partial charge in [0.1, 0.15) is 0 Å². The highest BCUT2D eigenvalue weighted by Gasteiger charge is 2.30. The maximum atomic E-state index is 12.4. The van der Waals surface area contributed by atoms with Crippen molar-refractivity contribution in [3.63, 3.8) is 0 Å². The predicted octanol–water partition coefficient (Wildman–Crippen LogP) is 1.28. The summed E-state index contributed by atoms with van der Waals surface area (Å²) in [6, 6.07) is 0.0199. The molecule has 110 valence electrons. The number of carbonyl (C=O) groups is 1. The summed E-state index contributed by atoms with van der Waals surface area (Å²) in [6.45, 7) is 7.77. The van der Waals surface area contributed by atoms with E-state index >= 15 is 0 Å². The second-order valence-electron chi connectivity index (χ2n) is 5.55. The molecule has 2 fully saturated rings. The van der Waals surface area contributed by atoms with Crippen LogP contribution in [0.3, 0.4) is 0 Å². The Hall–Kier alpha value is -1.14. The van der Waals surface area contributed by atoms with Gasteiger partial charge in [-0.2, -0.15) is 0 Å². The lowest BCUT2D eigenvalue weighted by Gasteiger charge is -2.38. The molecule has 0 spiro atoms. The average Bonchev–Trinajstić information content (AvgIpc) is 3.18. The van der Waals surface area contributed by atoms with E-state index in [1.54, 1.807) is 11.3 Å². The van der Waals surface area contributed by atoms with Crippen LogP contribution < -0.4 is 4.90 Å². The molecule has 6 heteroatoms. The standard InChI is InChI=1S/C14H22N4OS/c1-12(13(19)17-5-2-3-6-17)16-7-9-18(10-8-16)14-15-4-11-20-14/h4,11-12H,2-3,5-10H2,1H3. The highest BCUT2D eigenvalue weighted by Crippen LogP contribution is 2.20. The number of piperazine rings is 1. The highest BCUT2D eigenvalue weighted by molar-refractivity contribution is 7.13. The largest absolute Gasteiger partial charge is 0.346 e. The number of hydrogen-bond acceptors (Lipinski definition) is 5. The first-order valence-electron chi connectivity index (χ1n) is 7.43. The van der Waals surface area contributed by atoms with E-state index in [4.69, 9.17) is 0 Å². The summed E-state index contributed by atoms with van der Waals surface area (Å²) in [5, 5.41) is 3.12. The minimum atomic E-state index is 0.0199. The van der Waals surface area contributed by atoms with Gasteiger partial charge in [0.15, 0.2) is 5.13 Å². The normalized spacial score (nSPS) is 22.2. The van der Waals surface area contributed by atoms with Crippen LogP contribution in [-0.4, -0.2) is 66.0 Å². The van der Waals surface area contributed by atoms with Gasteiger partial charge < -0.3 is 9.80 Å². The van der Waals surface area contributed by atoms with Gasteiger partial charge in [-0.1, -0.05) is 0 Å². The van der Waals surface area contributed by atoms with E-state index in [9.17, 15) is 4.79 Å². The number of anilines is 1. The molecule has 20 heavy (non-hydrogen) atoms. The first-order valence-corrected chi connectivity index (χ1v) is 8.31. The van der Waals surface area contributed by atoms with E-state index < -0.39 is 0 Å². The molecule has 0 aromatic carbocycles. The van der Waals surface area contributed by atoms with Crippen LogP contribution in [0.25, 0.3) is 0 Å². The van der Waals surface area contributed by atoms with Gasteiger partial charge in [0, 0.05) is 50.8 Å². The number of hydrogen-bond donors (Lipinski definition) is 0. The van der Waals surface area contributed by atoms with Gasteiger partial charge in [-0.25, -0.2) is 4.98 Å². The number of rotatable bonds is 3. The molecular formula is C14H22N4OS. The number of aromatic nitrogens is 1. The van der Waals surface area contributed by atoms with E-state index in [0.29, 0.717) is 5.91 Å². The van der Waals surface area contributed by atoms with Gasteiger partial charge in [-0.05, 0) is 19.8 Å². The van der Waals surface area contributed by atoms with Crippen LogP contribution >= 0.6 is 11.3 Å². The summed E-state index contributed by atoms with van der Waals surface area (Å²) in [4.78, 5) is 23.4. The van der Waals surface area contributed by atoms with Crippen molar-refractivity contribution in [2.45, 2.75) is 25.8 Å². The van der Waals surface area contributed by atoms with Crippen molar-refractivity contribution in [3.05, 3.63) is 11.6 Å². The molecule has 0 N–H and O–H groups in total. The Morgan fingerprint density at radius 3 is 2.50 bits per heavy atom. The van der Waals surface area contributed by atoms with Crippen molar-refractivity contribution < 1.29 is 4.79 Å². The molecule has 0 saturated carbocycles. The first kappa shape index (κ1) is 13.8. The fourth-order valence-corrected chi connectivity index (χ4v) is 3.73. The lowest BCUT2D eigenvalue weighted by Crippen LogP contribution is -2.54. The molecule has 3 rings (SSSR count). The van der Waals surface area contributed by atoms with E-state index in [1.165, 1.54) is 0 Å². The molecule has 1 unspecified atom stereocenters. The van der Waals surface area contributed by atoms with Gasteiger partial charge in [0.05, 0.1) is 6.04 Å². The van der Waals surface area contributed by atoms with Crippen molar-refractivity contribution in [2.75, 3.05) is 44.2 Å². The minimum Gasteiger partial charge on any atom is -0.346 e. The van der Waals surface area contributed by atoms with Crippen molar-refractivity contribution in [1.29, 1.82) is 0 Å². The summed E-state index contributed by atoms with van der Waals surface area (Å²) in [6.07, 6.45) is 4.18. The summed E-state index contributed by atoms with van der Waals surface area (Å²) in [7, 11) is 0. The van der Waals surface area contributed by atoms with Gasteiger partial charge in [-0.15, -0.1) is 11.3 Å². The highest BCUT2D eigenvalue weighted by atomic mass is 32.1. The van der Waals surface area contributed by atoms with Crippen LogP contribution in [0.5, 0.6) is 0 Å². The third-order valence-corrected chi connectivity index (χ3v) is 5.16. The maximum absolute atomic E-state index is 12.4. The molecule has 1 aromatic rings. The zero-order valence-electron chi connectivity index (χ0n) is 12.0. The maximum Gasteiger partial charge on any atom is 0.239 e. The second-order valence-corrected chi connectivity index (χ2v) is 6.42. The minimum absolute atomic E-state index is 0.0199. The Morgan fingerprint density at radius 2 is 1.90 bits per heavy atom. The molecule has 2 saturated heterocycles. The zero-order valence-corrected chi connectivity index (χ0v) is 12.8. The summed E-state index contributed by atoms with van der Waals surface area (Å²) >= 11 is 1.69. The molecule has 0 bridgehead atoms. The fraction of sp³-hybridized carbons (Fsp3) is 0.714. The van der Waals surface area contributed by atoms with Crippen LogP contribution in [0.1, 0.15) is 19.8 Å². The topological polar surface area (TPSA) is 39.7 Å². The first-order chi connectivity index (χ1) is 9.75. The molecule has 1 atom stereocenters. The lowest BCUT2D eigenvalue weighted by molar-refractivity contribution is -0.135. The quantitative estimate of drug-likeness (QED) is 0.842. The Bertz CT molecular complexity index is 436. The number of carbonyl (C=O) groups excluding carboxylic acids is 1. The number of likely N-dealkylation sites (tertiary alicyclic amines) is 1. The average molecular weight is 294 g/mol. The summed E-state index contributed by atoms with van der Waals surface area (Å²) in [5.74, 6) is 0.310. The number of amides is 1. The Labute approximate surface area is 124 Å². The van der Waals surface area contributed by atoms with Gasteiger partial charge in [-0.3, -0.25) is 9.69 Å². The van der Waals surface area contributed by atoms with Crippen molar-refractivity contribution >= 4 is 22.4 Å². The Balaban J connectivity index is 1.53. The van der Waals surface area contributed by atoms with E-state index in [1.807, 2.05) is 16.5 Å². The molecule has 0 aliphatic carbocycles. The van der Waals surface area contributed by atoms with E-state index in [-0.39, 0.29) is 6.04 Å². The molecule has 5 nitrogen and oxygen atoms in total. The van der Waals surface area contributed by atoms with Gasteiger partial charge in [0.2, 0.25) is 5.91 Å². The van der Waals surface area contributed by atoms with Gasteiger partial charge in [0.25, 0.3) is 0 Å². The molecule has 1 aromatic heterocycles. The molecular weight excluding hydrogens is 272 g/mol. The summed E-state index contributed by atoms with van der Waals surface area (Å²) in [5.41, 5.74) is 0. The van der Waals surface area contributed by atoms with Gasteiger partial charge >= 0.3 is 0 Å².